The van der Waals surface area contributed by atoms with Crippen LogP contribution in [0.5, 0.6) is 0 Å². The molecule has 0 saturated carbocycles. The van der Waals surface area contributed by atoms with Crippen molar-refractivity contribution in [3.63, 3.8) is 0 Å². The van der Waals surface area contributed by atoms with Gasteiger partial charge in [-0.05, 0) is 43.0 Å². The molecule has 31 heavy (non-hydrogen) atoms. The lowest BCUT2D eigenvalue weighted by Gasteiger charge is -2.38. The number of benzene rings is 1. The molecular weight excluding hydrogens is 438 g/mol. The number of fused-ring (bicyclic) bond motifs is 1. The van der Waals surface area contributed by atoms with Gasteiger partial charge in [-0.15, -0.1) is 11.8 Å². The number of aliphatic hydroxyl groups excluding tert-OH is 1. The maximum atomic E-state index is 13.7. The summed E-state index contributed by atoms with van der Waals surface area (Å²) in [6.07, 6.45) is 1.48. The van der Waals surface area contributed by atoms with Crippen molar-refractivity contribution in [1.29, 1.82) is 0 Å². The van der Waals surface area contributed by atoms with E-state index in [0.29, 0.717) is 17.1 Å². The highest BCUT2D eigenvalue weighted by Crippen LogP contribution is 2.66. The fourth-order valence-corrected chi connectivity index (χ4v) is 7.91. The Morgan fingerprint density at radius 2 is 1.97 bits per heavy atom. The van der Waals surface area contributed by atoms with Crippen molar-refractivity contribution in [2.45, 2.75) is 48.8 Å². The number of nitrogens with zero attached hydrogens (tertiary/aromatic N) is 1. The van der Waals surface area contributed by atoms with Crippen molar-refractivity contribution in [1.82, 2.24) is 10.2 Å². The third kappa shape index (κ3) is 3.43. The van der Waals surface area contributed by atoms with Crippen LogP contribution in [0.3, 0.4) is 0 Å². The van der Waals surface area contributed by atoms with Crippen molar-refractivity contribution < 1.29 is 19.5 Å². The quantitative estimate of drug-likeness (QED) is 0.597. The summed E-state index contributed by atoms with van der Waals surface area (Å²) in [5.74, 6) is -1.71. The number of hydrogen-bond donors (Lipinski definition) is 3. The number of likely N-dealkylation sites (tertiary alicyclic amines) is 1. The second kappa shape index (κ2) is 8.30. The van der Waals surface area contributed by atoms with Gasteiger partial charge >= 0.3 is 0 Å². The van der Waals surface area contributed by atoms with Crippen molar-refractivity contribution in [3.05, 3.63) is 29.3 Å². The van der Waals surface area contributed by atoms with Crippen LogP contribution in [0.15, 0.2) is 24.3 Å². The van der Waals surface area contributed by atoms with Gasteiger partial charge in [-0.3, -0.25) is 14.4 Å². The molecular formula is C22H28ClN3O4S. The minimum absolute atomic E-state index is 0.0218. The van der Waals surface area contributed by atoms with Crippen molar-refractivity contribution in [2.24, 2.45) is 17.8 Å². The molecule has 3 heterocycles. The van der Waals surface area contributed by atoms with Gasteiger partial charge in [-0.1, -0.05) is 25.4 Å². The molecule has 0 aromatic heterocycles. The van der Waals surface area contributed by atoms with E-state index in [4.69, 9.17) is 11.6 Å². The first-order valence-corrected chi connectivity index (χ1v) is 11.9. The molecule has 4 rings (SSSR count). The molecule has 6 atom stereocenters. The van der Waals surface area contributed by atoms with E-state index < -0.39 is 28.7 Å². The summed E-state index contributed by atoms with van der Waals surface area (Å²) >= 11 is 7.57. The topological polar surface area (TPSA) is 98.7 Å². The van der Waals surface area contributed by atoms with Gasteiger partial charge in [0.25, 0.3) is 0 Å². The van der Waals surface area contributed by atoms with Crippen LogP contribution in [0.1, 0.15) is 26.7 Å². The first-order valence-electron chi connectivity index (χ1n) is 10.6. The Labute approximate surface area is 191 Å². The minimum atomic E-state index is -0.759. The van der Waals surface area contributed by atoms with Crippen LogP contribution in [0.25, 0.3) is 0 Å². The van der Waals surface area contributed by atoms with Crippen molar-refractivity contribution in [3.8, 4) is 0 Å². The van der Waals surface area contributed by atoms with Gasteiger partial charge in [0.2, 0.25) is 17.7 Å². The van der Waals surface area contributed by atoms with E-state index in [1.807, 2.05) is 13.8 Å². The number of nitrogens with one attached hydrogen (secondary N) is 2. The van der Waals surface area contributed by atoms with E-state index in [9.17, 15) is 19.5 Å². The fraction of sp³-hybridized carbons (Fsp3) is 0.591. The number of thioether (sulfide) groups is 1. The highest BCUT2D eigenvalue weighted by Gasteiger charge is 2.74. The Kier molecular flexibility index (Phi) is 6.00. The van der Waals surface area contributed by atoms with E-state index in [1.165, 1.54) is 0 Å². The third-order valence-corrected chi connectivity index (χ3v) is 9.16. The Bertz CT molecular complexity index is 895. The smallest absolute Gasteiger partial charge is 0.248 e. The molecule has 1 aromatic rings. The number of hydrogen-bond acceptors (Lipinski definition) is 5. The van der Waals surface area contributed by atoms with Gasteiger partial charge in [0.1, 0.15) is 6.04 Å². The van der Waals surface area contributed by atoms with E-state index in [0.717, 1.165) is 6.42 Å². The number of rotatable bonds is 6. The summed E-state index contributed by atoms with van der Waals surface area (Å²) in [7, 11) is 1.58. The van der Waals surface area contributed by atoms with Crippen LogP contribution >= 0.6 is 23.4 Å². The minimum Gasteiger partial charge on any atom is -0.394 e. The predicted octanol–water partition coefficient (Wildman–Crippen LogP) is 2.13. The van der Waals surface area contributed by atoms with Crippen LogP contribution < -0.4 is 10.6 Å². The summed E-state index contributed by atoms with van der Waals surface area (Å²) in [5.41, 5.74) is 0.590. The Morgan fingerprint density at radius 3 is 2.55 bits per heavy atom. The Balaban J connectivity index is 1.75. The van der Waals surface area contributed by atoms with E-state index in [2.05, 4.69) is 10.6 Å². The van der Waals surface area contributed by atoms with Crippen LogP contribution in [0.2, 0.25) is 5.02 Å². The standard InChI is InChI=1S/C22H28ClN3O4S/c1-11(2)14(10-27)26-18(20(29)25-13-6-4-12(23)5-7-13)22-9-8-15(31-22)16(19(28)24-3)17(22)21(26)30/h4-7,11,14-18,27H,8-10H2,1-3H3,(H,24,28)(H,25,29)/t14-,15-,16+,17-,18?,22?/m0/s1. The highest BCUT2D eigenvalue weighted by molar-refractivity contribution is 8.02. The normalized spacial score (nSPS) is 32.3. The summed E-state index contributed by atoms with van der Waals surface area (Å²) < 4.78 is -0.669. The summed E-state index contributed by atoms with van der Waals surface area (Å²) in [6, 6.07) is 5.56. The molecule has 1 spiro atoms. The molecule has 3 saturated heterocycles. The van der Waals surface area contributed by atoms with Gasteiger partial charge in [0.05, 0.1) is 29.2 Å². The number of carbonyl (C=O) groups is 3. The molecule has 1 aromatic carbocycles. The summed E-state index contributed by atoms with van der Waals surface area (Å²) in [5, 5.41) is 16.4. The zero-order chi connectivity index (χ0) is 22.5. The number of carbonyl (C=O) groups excluding carboxylic acids is 3. The average molecular weight is 466 g/mol. The number of anilines is 1. The molecule has 2 unspecified atom stereocenters. The molecule has 0 aliphatic carbocycles. The SMILES string of the molecule is CNC(=O)[C@@H]1[C@@H]2CCC3(S2)C(C(=O)Nc2ccc(Cl)cc2)N([C@@H](CO)C(C)C)C(=O)[C@H]13. The molecule has 9 heteroatoms. The molecule has 3 fully saturated rings. The second-order valence-corrected chi connectivity index (χ2v) is 10.9. The summed E-state index contributed by atoms with van der Waals surface area (Å²) in [4.78, 5) is 41.7. The molecule has 2 bridgehead atoms. The van der Waals surface area contributed by atoms with Crippen molar-refractivity contribution >= 4 is 46.8 Å². The van der Waals surface area contributed by atoms with Crippen LogP contribution in [0, 0.1) is 17.8 Å². The van der Waals surface area contributed by atoms with Gasteiger partial charge in [0, 0.05) is 23.0 Å². The number of halogens is 1. The second-order valence-electron chi connectivity index (χ2n) is 8.91. The molecule has 3 amide bonds. The fourth-order valence-electron chi connectivity index (χ4n) is 5.58. The van der Waals surface area contributed by atoms with E-state index in [-0.39, 0.29) is 35.5 Å². The Hall–Kier alpha value is -1.77. The van der Waals surface area contributed by atoms with Crippen molar-refractivity contribution in [2.75, 3.05) is 19.0 Å². The van der Waals surface area contributed by atoms with E-state index in [1.54, 1.807) is 48.0 Å². The molecule has 3 N–H and O–H groups in total. The number of amides is 3. The lowest BCUT2D eigenvalue weighted by atomic mass is 9.70. The summed E-state index contributed by atoms with van der Waals surface area (Å²) in [6.45, 7) is 3.61. The molecule has 3 aliphatic rings. The van der Waals surface area contributed by atoms with Crippen LogP contribution in [0.4, 0.5) is 5.69 Å². The van der Waals surface area contributed by atoms with Crippen LogP contribution in [-0.2, 0) is 14.4 Å². The van der Waals surface area contributed by atoms with Gasteiger partial charge in [-0.2, -0.15) is 0 Å². The van der Waals surface area contributed by atoms with Gasteiger partial charge in [0.15, 0.2) is 0 Å². The highest BCUT2D eigenvalue weighted by atomic mass is 35.5. The third-order valence-electron chi connectivity index (χ3n) is 6.96. The number of aliphatic hydroxyl groups is 1. The Morgan fingerprint density at radius 1 is 1.29 bits per heavy atom. The maximum absolute atomic E-state index is 13.7. The molecule has 0 radical (unpaired) electrons. The largest absolute Gasteiger partial charge is 0.394 e. The lowest BCUT2D eigenvalue weighted by Crippen LogP contribution is -2.56. The predicted molar refractivity (Wildman–Crippen MR) is 121 cm³/mol. The molecule has 7 nitrogen and oxygen atoms in total. The average Bonchev–Trinajstić information content (AvgIpc) is 3.37. The first kappa shape index (κ1) is 22.4. The molecule has 3 aliphatic heterocycles. The maximum Gasteiger partial charge on any atom is 0.248 e. The van der Waals surface area contributed by atoms with Crippen LogP contribution in [-0.4, -0.2) is 63.5 Å². The first-order chi connectivity index (χ1) is 14.7. The zero-order valence-corrected chi connectivity index (χ0v) is 19.4. The zero-order valence-electron chi connectivity index (χ0n) is 17.8. The van der Waals surface area contributed by atoms with E-state index >= 15 is 0 Å². The lowest BCUT2D eigenvalue weighted by molar-refractivity contribution is -0.142. The van der Waals surface area contributed by atoms with Gasteiger partial charge in [-0.25, -0.2) is 0 Å². The van der Waals surface area contributed by atoms with Gasteiger partial charge < -0.3 is 20.6 Å². The molecule has 168 valence electrons. The monoisotopic (exact) mass is 465 g/mol.